The number of hydrogen-bond acceptors (Lipinski definition) is 5. The van der Waals surface area contributed by atoms with Crippen LogP contribution >= 0.6 is 38.6 Å². The first-order chi connectivity index (χ1) is 11.8. The van der Waals surface area contributed by atoms with Crippen LogP contribution in [-0.2, 0) is 6.54 Å². The van der Waals surface area contributed by atoms with Gasteiger partial charge in [0.1, 0.15) is 5.01 Å². The quantitative estimate of drug-likeness (QED) is 0.565. The molecule has 0 atom stereocenters. The van der Waals surface area contributed by atoms with Gasteiger partial charge in [-0.3, -0.25) is 4.90 Å². The van der Waals surface area contributed by atoms with Crippen molar-refractivity contribution in [3.63, 3.8) is 0 Å². The van der Waals surface area contributed by atoms with Gasteiger partial charge in [-0.15, -0.1) is 22.7 Å². The predicted octanol–water partition coefficient (Wildman–Crippen LogP) is 5.41. The number of halogens is 1. The van der Waals surface area contributed by atoms with E-state index < -0.39 is 0 Å². The van der Waals surface area contributed by atoms with Crippen LogP contribution in [0.25, 0.3) is 11.3 Å². The van der Waals surface area contributed by atoms with Crippen molar-refractivity contribution in [3.05, 3.63) is 55.7 Å². The minimum Gasteiger partial charge on any atom is -0.297 e. The summed E-state index contributed by atoms with van der Waals surface area (Å²) < 4.78 is 1.10. The van der Waals surface area contributed by atoms with Crippen LogP contribution in [0.1, 0.15) is 28.8 Å². The molecule has 0 N–H and O–H groups in total. The van der Waals surface area contributed by atoms with E-state index in [1.807, 2.05) is 17.5 Å². The topological polar surface area (TPSA) is 29.0 Å². The summed E-state index contributed by atoms with van der Waals surface area (Å²) in [5, 5.41) is 6.76. The molecule has 0 bridgehead atoms. The summed E-state index contributed by atoms with van der Waals surface area (Å²) in [6.45, 7) is 3.26. The lowest BCUT2D eigenvalue weighted by Gasteiger charge is -2.30. The molecule has 1 saturated heterocycles. The third kappa shape index (κ3) is 3.77. The monoisotopic (exact) mass is 419 g/mol. The Labute approximate surface area is 158 Å². The normalized spacial score (nSPS) is 16.5. The molecule has 1 aliphatic heterocycles. The Morgan fingerprint density at radius 3 is 2.83 bits per heavy atom. The van der Waals surface area contributed by atoms with Gasteiger partial charge in [-0.2, -0.15) is 0 Å². The second-order valence-electron chi connectivity index (χ2n) is 6.06. The first-order valence-electron chi connectivity index (χ1n) is 8.10. The molecule has 24 heavy (non-hydrogen) atoms. The molecule has 2 aromatic heterocycles. The summed E-state index contributed by atoms with van der Waals surface area (Å²) >= 11 is 7.10. The number of nitrogens with zero attached hydrogens (tertiary/aromatic N) is 3. The summed E-state index contributed by atoms with van der Waals surface area (Å²) in [7, 11) is 0. The Morgan fingerprint density at radius 2 is 2.08 bits per heavy atom. The van der Waals surface area contributed by atoms with Crippen LogP contribution in [0, 0.1) is 0 Å². The molecule has 0 unspecified atom stereocenters. The molecule has 1 aromatic carbocycles. The van der Waals surface area contributed by atoms with E-state index >= 15 is 0 Å². The van der Waals surface area contributed by atoms with Crippen molar-refractivity contribution in [1.29, 1.82) is 0 Å². The van der Waals surface area contributed by atoms with Crippen LogP contribution in [0.3, 0.4) is 0 Å². The van der Waals surface area contributed by atoms with Gasteiger partial charge < -0.3 is 0 Å². The van der Waals surface area contributed by atoms with Crippen LogP contribution < -0.4 is 0 Å². The van der Waals surface area contributed by atoms with Crippen LogP contribution in [0.2, 0.25) is 0 Å². The Balaban J connectivity index is 1.39. The molecule has 0 aliphatic carbocycles. The van der Waals surface area contributed by atoms with E-state index in [4.69, 9.17) is 4.98 Å². The maximum atomic E-state index is 4.91. The lowest BCUT2D eigenvalue weighted by atomic mass is 9.97. The molecule has 3 heterocycles. The van der Waals surface area contributed by atoms with Crippen LogP contribution in [0.4, 0.5) is 0 Å². The van der Waals surface area contributed by atoms with Crippen molar-refractivity contribution in [2.75, 3.05) is 13.1 Å². The Bertz CT molecular complexity index is 792. The highest BCUT2D eigenvalue weighted by Gasteiger charge is 2.23. The maximum absolute atomic E-state index is 4.91. The molecular formula is C18H18BrN3S2. The largest absolute Gasteiger partial charge is 0.297 e. The van der Waals surface area contributed by atoms with Crippen molar-refractivity contribution in [3.8, 4) is 11.3 Å². The first-order valence-corrected chi connectivity index (χ1v) is 10.7. The molecule has 3 nitrogen and oxygen atoms in total. The Morgan fingerprint density at radius 1 is 1.21 bits per heavy atom. The fourth-order valence-electron chi connectivity index (χ4n) is 3.12. The van der Waals surface area contributed by atoms with Gasteiger partial charge in [0.05, 0.1) is 17.2 Å². The molecule has 1 fully saturated rings. The summed E-state index contributed by atoms with van der Waals surface area (Å²) in [5.41, 5.74) is 2.29. The highest BCUT2D eigenvalue weighted by atomic mass is 79.9. The second kappa shape index (κ2) is 7.44. The highest BCUT2D eigenvalue weighted by Crippen LogP contribution is 2.33. The molecule has 0 amide bonds. The molecule has 0 radical (unpaired) electrons. The first kappa shape index (κ1) is 16.4. The molecule has 124 valence electrons. The molecule has 3 aromatic rings. The average molecular weight is 420 g/mol. The van der Waals surface area contributed by atoms with Crippen molar-refractivity contribution in [2.45, 2.75) is 25.3 Å². The lowest BCUT2D eigenvalue weighted by molar-refractivity contribution is 0.204. The zero-order valence-electron chi connectivity index (χ0n) is 13.2. The molecule has 0 saturated carbocycles. The summed E-state index contributed by atoms with van der Waals surface area (Å²) in [6, 6.07) is 8.38. The number of likely N-dealkylation sites (tertiary alicyclic amines) is 1. The van der Waals surface area contributed by atoms with Crippen LogP contribution in [-0.4, -0.2) is 28.0 Å². The van der Waals surface area contributed by atoms with Gasteiger partial charge in [-0.05, 0) is 38.1 Å². The van der Waals surface area contributed by atoms with Gasteiger partial charge in [-0.1, -0.05) is 28.1 Å². The second-order valence-corrected chi connectivity index (χ2v) is 8.84. The molecule has 4 rings (SSSR count). The smallest absolute Gasteiger partial charge is 0.107 e. The fraction of sp³-hybridized carbons (Fsp3) is 0.333. The minimum atomic E-state index is 0.600. The molecular weight excluding hydrogens is 402 g/mol. The number of hydrogen-bond donors (Lipinski definition) is 0. The highest BCUT2D eigenvalue weighted by molar-refractivity contribution is 9.10. The number of aromatic nitrogens is 2. The SMILES string of the molecule is Brc1cccc(-c2csc(C3CCN(Cc4nccs4)CC3)n2)c1. The molecule has 6 heteroatoms. The number of rotatable bonds is 4. The zero-order chi connectivity index (χ0) is 16.4. The van der Waals surface area contributed by atoms with E-state index in [9.17, 15) is 0 Å². The van der Waals surface area contributed by atoms with E-state index in [0.717, 1.165) is 29.8 Å². The van der Waals surface area contributed by atoms with Crippen LogP contribution in [0.15, 0.2) is 45.7 Å². The van der Waals surface area contributed by atoms with Crippen molar-refractivity contribution < 1.29 is 0 Å². The van der Waals surface area contributed by atoms with E-state index in [1.54, 1.807) is 11.3 Å². The number of thiazole rings is 2. The third-order valence-corrected chi connectivity index (χ3v) is 6.69. The van der Waals surface area contributed by atoms with Gasteiger partial charge >= 0.3 is 0 Å². The van der Waals surface area contributed by atoms with Gasteiger partial charge in [0.25, 0.3) is 0 Å². The molecule has 1 aliphatic rings. The van der Waals surface area contributed by atoms with Crippen molar-refractivity contribution in [1.82, 2.24) is 14.9 Å². The molecule has 0 spiro atoms. The van der Waals surface area contributed by atoms with Crippen molar-refractivity contribution in [2.24, 2.45) is 0 Å². The maximum Gasteiger partial charge on any atom is 0.107 e. The van der Waals surface area contributed by atoms with E-state index in [1.165, 1.54) is 28.4 Å². The summed E-state index contributed by atoms with van der Waals surface area (Å²) in [6.07, 6.45) is 4.28. The van der Waals surface area contributed by atoms with Crippen LogP contribution in [0.5, 0.6) is 0 Å². The van der Waals surface area contributed by atoms with Gasteiger partial charge in [0, 0.05) is 32.9 Å². The Hall–Kier alpha value is -1.08. The summed E-state index contributed by atoms with van der Waals surface area (Å²) in [5.74, 6) is 0.600. The van der Waals surface area contributed by atoms with E-state index in [-0.39, 0.29) is 0 Å². The standard InChI is InChI=1S/C18H18BrN3S2/c19-15-3-1-2-14(10-15)16-12-24-18(21-16)13-4-7-22(8-5-13)11-17-20-6-9-23-17/h1-3,6,9-10,12-13H,4-5,7-8,11H2. The van der Waals surface area contributed by atoms with Crippen molar-refractivity contribution >= 4 is 38.6 Å². The number of benzene rings is 1. The van der Waals surface area contributed by atoms with Gasteiger partial charge in [-0.25, -0.2) is 9.97 Å². The Kier molecular flexibility index (Phi) is 5.08. The number of piperidine rings is 1. The summed E-state index contributed by atoms with van der Waals surface area (Å²) in [4.78, 5) is 11.8. The third-order valence-electron chi connectivity index (χ3n) is 4.42. The zero-order valence-corrected chi connectivity index (χ0v) is 16.4. The fourth-order valence-corrected chi connectivity index (χ4v) is 5.17. The van der Waals surface area contributed by atoms with Gasteiger partial charge in [0.2, 0.25) is 0 Å². The van der Waals surface area contributed by atoms with E-state index in [0.29, 0.717) is 5.92 Å². The predicted molar refractivity (Wildman–Crippen MR) is 105 cm³/mol. The average Bonchev–Trinajstić information content (AvgIpc) is 3.27. The van der Waals surface area contributed by atoms with E-state index in [2.05, 4.69) is 60.8 Å². The lowest BCUT2D eigenvalue weighted by Crippen LogP contribution is -2.32. The minimum absolute atomic E-state index is 0.600. The van der Waals surface area contributed by atoms with Gasteiger partial charge in [0.15, 0.2) is 0 Å².